The van der Waals surface area contributed by atoms with Crippen LogP contribution in [0.15, 0.2) is 4.99 Å². The van der Waals surface area contributed by atoms with Gasteiger partial charge in [-0.25, -0.2) is 0 Å². The van der Waals surface area contributed by atoms with E-state index in [-0.39, 0.29) is 24.0 Å². The lowest BCUT2D eigenvalue weighted by atomic mass is 9.98. The lowest BCUT2D eigenvalue weighted by Crippen LogP contribution is -2.50. The highest BCUT2D eigenvalue weighted by Gasteiger charge is 2.20. The second kappa shape index (κ2) is 10.6. The SMILES string of the molecule is CN=C(NCC(C)N1CCC(C)CC1)NC(C)C(C)C.I. The Labute approximate surface area is 148 Å². The molecule has 0 bridgehead atoms. The van der Waals surface area contributed by atoms with E-state index in [1.165, 1.54) is 25.9 Å². The molecule has 0 amide bonds. The van der Waals surface area contributed by atoms with Crippen molar-refractivity contribution in [3.05, 3.63) is 0 Å². The molecule has 0 spiro atoms. The molecule has 2 unspecified atom stereocenters. The quantitative estimate of drug-likeness (QED) is 0.416. The smallest absolute Gasteiger partial charge is 0.191 e. The third kappa shape index (κ3) is 7.68. The number of nitrogens with one attached hydrogen (secondary N) is 2. The maximum Gasteiger partial charge on any atom is 0.191 e. The van der Waals surface area contributed by atoms with Gasteiger partial charge in [-0.05, 0) is 51.6 Å². The maximum absolute atomic E-state index is 4.32. The van der Waals surface area contributed by atoms with E-state index in [0.717, 1.165) is 18.4 Å². The summed E-state index contributed by atoms with van der Waals surface area (Å²) in [5.41, 5.74) is 0. The summed E-state index contributed by atoms with van der Waals surface area (Å²) in [6, 6.07) is 1.00. The summed E-state index contributed by atoms with van der Waals surface area (Å²) in [4.78, 5) is 6.90. The van der Waals surface area contributed by atoms with Gasteiger partial charge in [-0.15, -0.1) is 24.0 Å². The molecule has 21 heavy (non-hydrogen) atoms. The topological polar surface area (TPSA) is 39.7 Å². The number of halogens is 1. The summed E-state index contributed by atoms with van der Waals surface area (Å²) in [7, 11) is 1.84. The standard InChI is InChI=1S/C16H34N4.HI/c1-12(2)15(5)19-16(17-6)18-11-14(4)20-9-7-13(3)8-10-20;/h12-15H,7-11H2,1-6H3,(H2,17,18,19);1H. The Morgan fingerprint density at radius 1 is 1.19 bits per heavy atom. The van der Waals surface area contributed by atoms with Crippen molar-refractivity contribution >= 4 is 29.9 Å². The minimum atomic E-state index is 0. The van der Waals surface area contributed by atoms with E-state index in [1.807, 2.05) is 7.05 Å². The highest BCUT2D eigenvalue weighted by Crippen LogP contribution is 2.17. The van der Waals surface area contributed by atoms with Crippen LogP contribution in [0.25, 0.3) is 0 Å². The van der Waals surface area contributed by atoms with E-state index in [2.05, 4.69) is 55.1 Å². The summed E-state index contributed by atoms with van der Waals surface area (Å²) < 4.78 is 0. The first-order chi connectivity index (χ1) is 9.43. The van der Waals surface area contributed by atoms with Crippen LogP contribution in [0.1, 0.15) is 47.5 Å². The van der Waals surface area contributed by atoms with E-state index < -0.39 is 0 Å². The van der Waals surface area contributed by atoms with Crippen LogP contribution in [0.3, 0.4) is 0 Å². The molecule has 2 atom stereocenters. The first-order valence-electron chi connectivity index (χ1n) is 8.15. The number of aliphatic imine (C=N–C) groups is 1. The van der Waals surface area contributed by atoms with Gasteiger partial charge in [0.1, 0.15) is 0 Å². The van der Waals surface area contributed by atoms with Crippen LogP contribution in [0, 0.1) is 11.8 Å². The number of hydrogen-bond donors (Lipinski definition) is 2. The van der Waals surface area contributed by atoms with Crippen molar-refractivity contribution in [1.82, 2.24) is 15.5 Å². The molecule has 0 saturated carbocycles. The minimum absolute atomic E-state index is 0. The molecule has 5 heteroatoms. The van der Waals surface area contributed by atoms with E-state index in [1.54, 1.807) is 0 Å². The fourth-order valence-corrected chi connectivity index (χ4v) is 2.42. The van der Waals surface area contributed by atoms with Gasteiger partial charge in [0, 0.05) is 25.7 Å². The third-order valence-corrected chi connectivity index (χ3v) is 4.59. The van der Waals surface area contributed by atoms with Gasteiger partial charge < -0.3 is 10.6 Å². The van der Waals surface area contributed by atoms with Crippen molar-refractivity contribution in [2.24, 2.45) is 16.8 Å². The van der Waals surface area contributed by atoms with Crippen LogP contribution < -0.4 is 10.6 Å². The van der Waals surface area contributed by atoms with Crippen LogP contribution in [0.2, 0.25) is 0 Å². The molecule has 1 heterocycles. The number of piperidine rings is 1. The zero-order valence-corrected chi connectivity index (χ0v) is 17.0. The van der Waals surface area contributed by atoms with Crippen LogP contribution in [0.4, 0.5) is 0 Å². The van der Waals surface area contributed by atoms with Crippen LogP contribution in [-0.4, -0.2) is 49.6 Å². The Morgan fingerprint density at radius 2 is 1.76 bits per heavy atom. The second-order valence-electron chi connectivity index (χ2n) is 6.70. The van der Waals surface area contributed by atoms with Crippen LogP contribution in [-0.2, 0) is 0 Å². The second-order valence-corrected chi connectivity index (χ2v) is 6.70. The molecule has 126 valence electrons. The van der Waals surface area contributed by atoms with Crippen LogP contribution >= 0.6 is 24.0 Å². The molecule has 1 aliphatic rings. The predicted molar refractivity (Wildman–Crippen MR) is 104 cm³/mol. The molecule has 0 aromatic rings. The van der Waals surface area contributed by atoms with Gasteiger partial charge in [0.05, 0.1) is 0 Å². The van der Waals surface area contributed by atoms with Gasteiger partial charge in [0.15, 0.2) is 5.96 Å². The fourth-order valence-electron chi connectivity index (χ4n) is 2.42. The Bertz CT molecular complexity index is 299. The molecular formula is C16H35IN4. The van der Waals surface area contributed by atoms with Crippen molar-refractivity contribution < 1.29 is 0 Å². The molecule has 0 aliphatic carbocycles. The fraction of sp³-hybridized carbons (Fsp3) is 0.938. The molecule has 4 nitrogen and oxygen atoms in total. The van der Waals surface area contributed by atoms with Crippen molar-refractivity contribution in [2.75, 3.05) is 26.7 Å². The molecule has 1 fully saturated rings. The first-order valence-corrected chi connectivity index (χ1v) is 8.15. The summed E-state index contributed by atoms with van der Waals surface area (Å²) in [5.74, 6) is 2.42. The maximum atomic E-state index is 4.32. The van der Waals surface area contributed by atoms with E-state index in [0.29, 0.717) is 18.0 Å². The number of nitrogens with zero attached hydrogens (tertiary/aromatic N) is 2. The average molecular weight is 410 g/mol. The zero-order valence-electron chi connectivity index (χ0n) is 14.6. The molecule has 1 saturated heterocycles. The van der Waals surface area contributed by atoms with Gasteiger partial charge in [0.2, 0.25) is 0 Å². The van der Waals surface area contributed by atoms with Crippen molar-refractivity contribution in [1.29, 1.82) is 0 Å². The third-order valence-electron chi connectivity index (χ3n) is 4.59. The van der Waals surface area contributed by atoms with Crippen molar-refractivity contribution in [2.45, 2.75) is 59.5 Å². The highest BCUT2D eigenvalue weighted by molar-refractivity contribution is 14.0. The van der Waals surface area contributed by atoms with Crippen LogP contribution in [0.5, 0.6) is 0 Å². The molecule has 0 aromatic heterocycles. The Morgan fingerprint density at radius 3 is 2.24 bits per heavy atom. The van der Waals surface area contributed by atoms with E-state index >= 15 is 0 Å². The monoisotopic (exact) mass is 410 g/mol. The largest absolute Gasteiger partial charge is 0.355 e. The summed E-state index contributed by atoms with van der Waals surface area (Å²) >= 11 is 0. The van der Waals surface area contributed by atoms with Crippen molar-refractivity contribution in [3.8, 4) is 0 Å². The van der Waals surface area contributed by atoms with E-state index in [4.69, 9.17) is 0 Å². The van der Waals surface area contributed by atoms with Crippen molar-refractivity contribution in [3.63, 3.8) is 0 Å². The van der Waals surface area contributed by atoms with Gasteiger partial charge in [-0.3, -0.25) is 9.89 Å². The number of likely N-dealkylation sites (tertiary alicyclic amines) is 1. The summed E-state index contributed by atoms with van der Waals surface area (Å²) in [6.07, 6.45) is 2.67. The average Bonchev–Trinajstić information content (AvgIpc) is 2.43. The van der Waals surface area contributed by atoms with Gasteiger partial charge in [0.25, 0.3) is 0 Å². The van der Waals surface area contributed by atoms with E-state index in [9.17, 15) is 0 Å². The minimum Gasteiger partial charge on any atom is -0.355 e. The zero-order chi connectivity index (χ0) is 15.1. The number of rotatable bonds is 5. The summed E-state index contributed by atoms with van der Waals surface area (Å²) in [6.45, 7) is 14.7. The molecule has 1 aliphatic heterocycles. The molecule has 2 N–H and O–H groups in total. The Balaban J connectivity index is 0.00000400. The predicted octanol–water partition coefficient (Wildman–Crippen LogP) is 2.93. The Kier molecular flexibility index (Phi) is 10.6. The number of guanidine groups is 1. The Hall–Kier alpha value is -0.0400. The summed E-state index contributed by atoms with van der Waals surface area (Å²) in [5, 5.41) is 6.91. The lowest BCUT2D eigenvalue weighted by Gasteiger charge is -2.35. The first kappa shape index (κ1) is 21.0. The normalized spacial score (nSPS) is 20.8. The van der Waals surface area contributed by atoms with Gasteiger partial charge >= 0.3 is 0 Å². The molecule has 1 rings (SSSR count). The highest BCUT2D eigenvalue weighted by atomic mass is 127. The lowest BCUT2D eigenvalue weighted by molar-refractivity contribution is 0.147. The van der Waals surface area contributed by atoms with Gasteiger partial charge in [-0.1, -0.05) is 20.8 Å². The molecular weight excluding hydrogens is 375 g/mol. The molecule has 0 aromatic carbocycles. The van der Waals surface area contributed by atoms with Gasteiger partial charge in [-0.2, -0.15) is 0 Å². The molecule has 0 radical (unpaired) electrons. The number of hydrogen-bond acceptors (Lipinski definition) is 2.